The Labute approximate surface area is 194 Å². The number of hydrogen-bond donors (Lipinski definition) is 3. The van der Waals surface area contributed by atoms with Crippen LogP contribution in [0.2, 0.25) is 0 Å². The maximum atomic E-state index is 12.9. The lowest BCUT2D eigenvalue weighted by molar-refractivity contribution is 0.0878. The Morgan fingerprint density at radius 2 is 1.73 bits per heavy atom. The number of aryl methyl sites for hydroxylation is 2. The minimum atomic E-state index is -0.703. The van der Waals surface area contributed by atoms with E-state index in [9.17, 15) is 15.0 Å². The molecule has 3 N–H and O–H groups in total. The third-order valence-electron chi connectivity index (χ3n) is 5.45. The first-order chi connectivity index (χ1) is 16.1. The highest BCUT2D eigenvalue weighted by atomic mass is 16.5. The van der Waals surface area contributed by atoms with Crippen LogP contribution in [0.5, 0.6) is 11.5 Å². The Morgan fingerprint density at radius 3 is 2.39 bits per heavy atom. The van der Waals surface area contributed by atoms with Gasteiger partial charge in [-0.25, -0.2) is 0 Å². The van der Waals surface area contributed by atoms with Gasteiger partial charge >= 0.3 is 0 Å². The molecule has 0 radical (unpaired) electrons. The summed E-state index contributed by atoms with van der Waals surface area (Å²) in [6.07, 6.45) is 1.43. The number of rotatable bonds is 11. The van der Waals surface area contributed by atoms with Crippen molar-refractivity contribution in [3.63, 3.8) is 0 Å². The monoisotopic (exact) mass is 449 g/mol. The van der Waals surface area contributed by atoms with Crippen molar-refractivity contribution in [2.75, 3.05) is 26.9 Å². The van der Waals surface area contributed by atoms with Gasteiger partial charge in [-0.2, -0.15) is 0 Å². The van der Waals surface area contributed by atoms with E-state index in [4.69, 9.17) is 9.47 Å². The van der Waals surface area contributed by atoms with E-state index in [1.807, 2.05) is 55.5 Å². The summed E-state index contributed by atoms with van der Waals surface area (Å²) >= 11 is 0. The normalized spacial score (nSPS) is 10.8. The molecule has 0 heterocycles. The van der Waals surface area contributed by atoms with Gasteiger partial charge in [0.25, 0.3) is 5.91 Å². The van der Waals surface area contributed by atoms with Crippen LogP contribution in [0.4, 0.5) is 0 Å². The van der Waals surface area contributed by atoms with Crippen molar-refractivity contribution in [1.29, 1.82) is 0 Å². The van der Waals surface area contributed by atoms with E-state index in [0.29, 0.717) is 30.1 Å². The van der Waals surface area contributed by atoms with Crippen LogP contribution < -0.4 is 14.8 Å². The topological polar surface area (TPSA) is 88.0 Å². The summed E-state index contributed by atoms with van der Waals surface area (Å²) in [5.74, 6) is 1.10. The Morgan fingerprint density at radius 1 is 0.970 bits per heavy atom. The van der Waals surface area contributed by atoms with E-state index in [1.165, 1.54) is 5.56 Å². The molecule has 0 spiro atoms. The molecule has 6 heteroatoms. The first-order valence-corrected chi connectivity index (χ1v) is 11.1. The number of aliphatic hydroxyl groups excluding tert-OH is 2. The number of aliphatic hydroxyl groups is 2. The summed E-state index contributed by atoms with van der Waals surface area (Å²) in [5, 5.41) is 21.4. The lowest BCUT2D eigenvalue weighted by Gasteiger charge is -2.17. The molecule has 0 aliphatic rings. The van der Waals surface area contributed by atoms with Crippen molar-refractivity contribution in [3.05, 3.63) is 83.4 Å². The number of amides is 1. The number of methoxy groups -OCH3 is 1. The van der Waals surface area contributed by atoms with Crippen LogP contribution in [-0.2, 0) is 12.8 Å². The van der Waals surface area contributed by atoms with Gasteiger partial charge in [-0.3, -0.25) is 4.79 Å². The predicted octanol–water partition coefficient (Wildman–Crippen LogP) is 3.63. The molecule has 0 aliphatic carbocycles. The highest BCUT2D eigenvalue weighted by molar-refractivity contribution is 5.96. The molecule has 0 bridgehead atoms. The van der Waals surface area contributed by atoms with Gasteiger partial charge in [0, 0.05) is 17.2 Å². The van der Waals surface area contributed by atoms with Crippen molar-refractivity contribution in [2.24, 2.45) is 0 Å². The van der Waals surface area contributed by atoms with Gasteiger partial charge in [0.15, 0.2) is 0 Å². The number of hydrogen-bond acceptors (Lipinski definition) is 5. The Bertz CT molecular complexity index is 1050. The largest absolute Gasteiger partial charge is 0.497 e. The molecule has 3 rings (SSSR count). The Kier molecular flexibility index (Phi) is 8.87. The fourth-order valence-corrected chi connectivity index (χ4v) is 3.67. The molecular formula is C27H31NO5. The van der Waals surface area contributed by atoms with Gasteiger partial charge in [0.2, 0.25) is 0 Å². The predicted molar refractivity (Wildman–Crippen MR) is 129 cm³/mol. The second-order valence-corrected chi connectivity index (χ2v) is 7.69. The van der Waals surface area contributed by atoms with Crippen molar-refractivity contribution in [1.82, 2.24) is 5.32 Å². The van der Waals surface area contributed by atoms with Crippen LogP contribution in [0.3, 0.4) is 0 Å². The minimum Gasteiger partial charge on any atom is -0.497 e. The number of nitrogens with one attached hydrogen (secondary N) is 1. The van der Waals surface area contributed by atoms with Crippen LogP contribution >= 0.6 is 0 Å². The van der Waals surface area contributed by atoms with E-state index in [1.54, 1.807) is 13.2 Å². The van der Waals surface area contributed by atoms with E-state index in [-0.39, 0.29) is 19.1 Å². The molecule has 1 amide bonds. The third kappa shape index (κ3) is 6.34. The molecule has 6 nitrogen and oxygen atoms in total. The second kappa shape index (κ2) is 12.0. The molecule has 3 aromatic rings. The summed E-state index contributed by atoms with van der Waals surface area (Å²) in [7, 11) is 1.62. The van der Waals surface area contributed by atoms with Crippen molar-refractivity contribution >= 4 is 5.91 Å². The first-order valence-electron chi connectivity index (χ1n) is 11.1. The fourth-order valence-electron chi connectivity index (χ4n) is 3.67. The summed E-state index contributed by atoms with van der Waals surface area (Å²) in [4.78, 5) is 12.9. The van der Waals surface area contributed by atoms with Crippen LogP contribution in [0.15, 0.2) is 66.7 Å². The van der Waals surface area contributed by atoms with Gasteiger partial charge in [0.05, 0.1) is 33.0 Å². The Balaban J connectivity index is 1.99. The van der Waals surface area contributed by atoms with E-state index in [2.05, 4.69) is 17.4 Å². The molecule has 0 unspecified atom stereocenters. The van der Waals surface area contributed by atoms with Crippen molar-refractivity contribution < 1.29 is 24.5 Å². The summed E-state index contributed by atoms with van der Waals surface area (Å²) in [5.41, 5.74) is 4.42. The SMILES string of the molecule is CCOc1cc(OC)ccc1-c1ccc(C(=O)NC(CO)CO)c(CCc2ccccc2)c1. The average Bonchev–Trinajstić information content (AvgIpc) is 2.86. The van der Waals surface area contributed by atoms with Gasteiger partial charge in [-0.15, -0.1) is 0 Å². The second-order valence-electron chi connectivity index (χ2n) is 7.69. The van der Waals surface area contributed by atoms with Gasteiger partial charge in [0.1, 0.15) is 11.5 Å². The number of carbonyl (C=O) groups excluding carboxylic acids is 1. The fraction of sp³-hybridized carbons (Fsp3) is 0.296. The molecule has 0 atom stereocenters. The molecule has 0 fully saturated rings. The number of carbonyl (C=O) groups is 1. The number of ether oxygens (including phenoxy) is 2. The maximum Gasteiger partial charge on any atom is 0.251 e. The van der Waals surface area contributed by atoms with Gasteiger partial charge in [-0.1, -0.05) is 42.5 Å². The molecule has 3 aromatic carbocycles. The van der Waals surface area contributed by atoms with E-state index in [0.717, 1.165) is 23.1 Å². The van der Waals surface area contributed by atoms with Crippen LogP contribution in [0, 0.1) is 0 Å². The van der Waals surface area contributed by atoms with Crippen LogP contribution in [0.1, 0.15) is 28.4 Å². The zero-order chi connectivity index (χ0) is 23.6. The van der Waals surface area contributed by atoms with Crippen molar-refractivity contribution in [2.45, 2.75) is 25.8 Å². The third-order valence-corrected chi connectivity index (χ3v) is 5.45. The van der Waals surface area contributed by atoms with Crippen LogP contribution in [0.25, 0.3) is 11.1 Å². The molecule has 33 heavy (non-hydrogen) atoms. The van der Waals surface area contributed by atoms with Crippen LogP contribution in [-0.4, -0.2) is 49.1 Å². The standard InChI is InChI=1S/C27H31NO5/c1-3-33-26-16-23(32-2)12-14-24(26)20-11-13-25(27(31)28-22(17-29)18-30)21(15-20)10-9-19-7-5-4-6-8-19/h4-8,11-16,22,29-30H,3,9-10,17-18H2,1-2H3,(H,28,31). The quantitative estimate of drug-likeness (QED) is 0.416. The lowest BCUT2D eigenvalue weighted by Crippen LogP contribution is -2.40. The lowest BCUT2D eigenvalue weighted by atomic mass is 9.94. The van der Waals surface area contributed by atoms with E-state index < -0.39 is 6.04 Å². The highest BCUT2D eigenvalue weighted by Gasteiger charge is 2.18. The zero-order valence-corrected chi connectivity index (χ0v) is 19.1. The molecule has 0 aromatic heterocycles. The number of benzene rings is 3. The minimum absolute atomic E-state index is 0.322. The van der Waals surface area contributed by atoms with Crippen molar-refractivity contribution in [3.8, 4) is 22.6 Å². The molecule has 0 aliphatic heterocycles. The molecule has 174 valence electrons. The first kappa shape index (κ1) is 24.3. The Hall–Kier alpha value is -3.35. The molecule has 0 saturated carbocycles. The maximum absolute atomic E-state index is 12.9. The summed E-state index contributed by atoms with van der Waals surface area (Å²) < 4.78 is 11.2. The zero-order valence-electron chi connectivity index (χ0n) is 19.1. The highest BCUT2D eigenvalue weighted by Crippen LogP contribution is 2.34. The summed E-state index contributed by atoms with van der Waals surface area (Å²) in [6.45, 7) is 1.79. The van der Waals surface area contributed by atoms with E-state index >= 15 is 0 Å². The molecular weight excluding hydrogens is 418 g/mol. The van der Waals surface area contributed by atoms with Gasteiger partial charge < -0.3 is 25.0 Å². The van der Waals surface area contributed by atoms with Gasteiger partial charge in [-0.05, 0) is 54.7 Å². The smallest absolute Gasteiger partial charge is 0.251 e. The average molecular weight is 450 g/mol. The summed E-state index contributed by atoms with van der Waals surface area (Å²) in [6, 6.07) is 20.8. The molecule has 0 saturated heterocycles.